The average molecular weight is 493 g/mol. The third kappa shape index (κ3) is 5.23. The van der Waals surface area contributed by atoms with Crippen molar-refractivity contribution in [3.8, 4) is 17.4 Å². The number of hydrogen-bond acceptors (Lipinski definition) is 6. The molecule has 0 N–H and O–H groups in total. The minimum Gasteiger partial charge on any atom is -0.480 e. The lowest BCUT2D eigenvalue weighted by Crippen LogP contribution is -2.28. The van der Waals surface area contributed by atoms with Gasteiger partial charge in [0.1, 0.15) is 23.9 Å². The van der Waals surface area contributed by atoms with Crippen LogP contribution in [0.1, 0.15) is 45.4 Å². The maximum Gasteiger partial charge on any atom is 0.412 e. The fourth-order valence-electron chi connectivity index (χ4n) is 4.58. The van der Waals surface area contributed by atoms with E-state index >= 15 is 0 Å². The molecule has 0 amide bonds. The molecule has 2 atom stereocenters. The summed E-state index contributed by atoms with van der Waals surface area (Å²) in [6.45, 7) is 6.33. The maximum atomic E-state index is 13.8. The summed E-state index contributed by atoms with van der Waals surface area (Å²) < 4.78 is 61.7. The molecule has 0 saturated carbocycles. The number of aliphatic imine (C=N–C) groups is 1. The number of pyridine rings is 1. The van der Waals surface area contributed by atoms with Crippen molar-refractivity contribution in [2.45, 2.75) is 52.3 Å². The molecular formula is C24H28F4N6O. The van der Waals surface area contributed by atoms with E-state index in [-0.39, 0.29) is 0 Å². The topological polar surface area (TPSA) is 68.4 Å². The number of hydrogen-bond donors (Lipinski definition) is 0. The predicted octanol–water partition coefficient (Wildman–Crippen LogP) is 5.46. The van der Waals surface area contributed by atoms with Gasteiger partial charge in [-0.1, -0.05) is 13.0 Å². The highest BCUT2D eigenvalue weighted by Gasteiger charge is 2.42. The highest BCUT2D eigenvalue weighted by atomic mass is 19.4. The number of nitrogens with zero attached hydrogens (tertiary/aromatic N) is 6. The van der Waals surface area contributed by atoms with E-state index in [0.717, 1.165) is 30.5 Å². The Balaban J connectivity index is 1.66. The number of halogens is 4. The van der Waals surface area contributed by atoms with Crippen molar-refractivity contribution in [2.24, 2.45) is 10.9 Å². The zero-order valence-corrected chi connectivity index (χ0v) is 20.1. The van der Waals surface area contributed by atoms with Gasteiger partial charge in [0.05, 0.1) is 19.5 Å². The molecule has 188 valence electrons. The summed E-state index contributed by atoms with van der Waals surface area (Å²) in [6, 6.07) is 3.65. The van der Waals surface area contributed by atoms with Crippen LogP contribution >= 0.6 is 0 Å². The Hall–Kier alpha value is -3.24. The number of ether oxygens (including phenoxy) is 1. The van der Waals surface area contributed by atoms with E-state index in [2.05, 4.69) is 20.1 Å². The van der Waals surface area contributed by atoms with Crippen LogP contribution in [0.5, 0.6) is 5.88 Å². The number of anilines is 1. The second-order valence-corrected chi connectivity index (χ2v) is 8.89. The second kappa shape index (κ2) is 9.79. The lowest BCUT2D eigenvalue weighted by molar-refractivity contribution is -0.0997. The monoisotopic (exact) mass is 492 g/mol. The number of aromatic nitrogens is 4. The van der Waals surface area contributed by atoms with E-state index in [1.54, 1.807) is 10.7 Å². The van der Waals surface area contributed by atoms with Gasteiger partial charge in [0.2, 0.25) is 5.88 Å². The molecule has 0 aromatic carbocycles. The first-order chi connectivity index (χ1) is 16.6. The zero-order valence-electron chi connectivity index (χ0n) is 20.1. The Morgan fingerprint density at radius 3 is 2.63 bits per heavy atom. The largest absolute Gasteiger partial charge is 0.480 e. The number of alkyl halides is 3. The Kier molecular flexibility index (Phi) is 6.95. The van der Waals surface area contributed by atoms with E-state index in [4.69, 9.17) is 4.74 Å². The normalized spacial score (nSPS) is 20.1. The van der Waals surface area contributed by atoms with Crippen molar-refractivity contribution in [2.75, 3.05) is 25.2 Å². The maximum absolute atomic E-state index is 13.8. The van der Waals surface area contributed by atoms with Crippen molar-refractivity contribution in [3.05, 3.63) is 41.5 Å². The summed E-state index contributed by atoms with van der Waals surface area (Å²) in [5.74, 6) is -0.923. The van der Waals surface area contributed by atoms with E-state index in [1.807, 2.05) is 17.9 Å². The van der Waals surface area contributed by atoms with Crippen LogP contribution in [0.15, 0.2) is 40.7 Å². The van der Waals surface area contributed by atoms with Crippen molar-refractivity contribution in [3.63, 3.8) is 0 Å². The Bertz CT molecular complexity index is 1180. The van der Waals surface area contributed by atoms with Crippen LogP contribution < -0.4 is 9.64 Å². The van der Waals surface area contributed by atoms with E-state index < -0.39 is 29.4 Å². The highest BCUT2D eigenvalue weighted by molar-refractivity contribution is 5.89. The molecule has 0 radical (unpaired) electrons. The van der Waals surface area contributed by atoms with Gasteiger partial charge in [-0.05, 0) is 50.8 Å². The van der Waals surface area contributed by atoms with Gasteiger partial charge in [-0.2, -0.15) is 13.2 Å². The SMILES string of the molecule is COc1nc(-c2nc3n(n2)CCCC3C(C)C(=CC=C(C)F)C(F)(F)F)ccc1N1CN=C(C)C1. The third-order valence-corrected chi connectivity index (χ3v) is 6.37. The third-order valence-electron chi connectivity index (χ3n) is 6.37. The summed E-state index contributed by atoms with van der Waals surface area (Å²) in [7, 11) is 1.53. The summed E-state index contributed by atoms with van der Waals surface area (Å²) in [6.07, 6.45) is -1.72. The first-order valence-corrected chi connectivity index (χ1v) is 11.4. The lowest BCUT2D eigenvalue weighted by atomic mass is 9.81. The first kappa shape index (κ1) is 24.9. The summed E-state index contributed by atoms with van der Waals surface area (Å²) in [5, 5.41) is 4.54. The first-order valence-electron chi connectivity index (χ1n) is 11.4. The minimum absolute atomic E-state index is 0.329. The van der Waals surface area contributed by atoms with Crippen LogP contribution in [0.2, 0.25) is 0 Å². The lowest BCUT2D eigenvalue weighted by Gasteiger charge is -2.29. The molecule has 4 heterocycles. The van der Waals surface area contributed by atoms with Crippen LogP contribution in [0.3, 0.4) is 0 Å². The smallest absolute Gasteiger partial charge is 0.412 e. The number of rotatable bonds is 6. The number of methoxy groups -OCH3 is 1. The van der Waals surface area contributed by atoms with E-state index in [1.165, 1.54) is 14.0 Å². The molecule has 0 fully saturated rings. The van der Waals surface area contributed by atoms with Gasteiger partial charge in [0.15, 0.2) is 5.82 Å². The molecule has 2 aromatic heterocycles. The molecule has 0 spiro atoms. The second-order valence-electron chi connectivity index (χ2n) is 8.89. The van der Waals surface area contributed by atoms with Gasteiger partial charge >= 0.3 is 6.18 Å². The molecule has 2 aromatic rings. The van der Waals surface area contributed by atoms with Gasteiger partial charge in [-0.15, -0.1) is 5.10 Å². The van der Waals surface area contributed by atoms with Crippen LogP contribution in [0.4, 0.5) is 23.2 Å². The zero-order chi connectivity index (χ0) is 25.3. The summed E-state index contributed by atoms with van der Waals surface area (Å²) in [5.41, 5.74) is 1.50. The van der Waals surface area contributed by atoms with Gasteiger partial charge in [-0.3, -0.25) is 4.99 Å². The van der Waals surface area contributed by atoms with Gasteiger partial charge < -0.3 is 9.64 Å². The Morgan fingerprint density at radius 1 is 1.23 bits per heavy atom. The van der Waals surface area contributed by atoms with Crippen molar-refractivity contribution in [1.29, 1.82) is 0 Å². The molecule has 11 heteroatoms. The molecule has 2 aliphatic heterocycles. The summed E-state index contributed by atoms with van der Waals surface area (Å²) in [4.78, 5) is 15.6. The molecule has 0 aliphatic carbocycles. The number of allylic oxidation sites excluding steroid dienone is 4. The van der Waals surface area contributed by atoms with E-state index in [0.29, 0.717) is 55.8 Å². The fourth-order valence-corrected chi connectivity index (χ4v) is 4.58. The van der Waals surface area contributed by atoms with Crippen molar-refractivity contribution >= 4 is 11.4 Å². The Labute approximate surface area is 201 Å². The molecule has 0 saturated heterocycles. The average Bonchev–Trinajstić information content (AvgIpc) is 3.43. The van der Waals surface area contributed by atoms with Crippen molar-refractivity contribution < 1.29 is 22.3 Å². The molecule has 4 rings (SSSR count). The van der Waals surface area contributed by atoms with Crippen LogP contribution in [-0.2, 0) is 6.54 Å². The molecule has 2 unspecified atom stereocenters. The van der Waals surface area contributed by atoms with Gasteiger partial charge in [0, 0.05) is 23.7 Å². The molecule has 35 heavy (non-hydrogen) atoms. The Morgan fingerprint density at radius 2 is 2.00 bits per heavy atom. The fraction of sp³-hybridized carbons (Fsp3) is 0.500. The quantitative estimate of drug-likeness (QED) is 0.396. The van der Waals surface area contributed by atoms with Gasteiger partial charge in [-0.25, -0.2) is 19.0 Å². The number of aryl methyl sites for hydroxylation is 1. The minimum atomic E-state index is -4.58. The molecule has 7 nitrogen and oxygen atoms in total. The standard InChI is InChI=1S/C24H28F4N6O/c1-14(25)7-8-18(24(26,27)28)16(3)17-6-5-11-34-22(17)31-21(32-34)19-9-10-20(23(30-19)35-4)33-12-15(2)29-13-33/h7-10,16-17H,5-6,11-13H2,1-4H3. The van der Waals surface area contributed by atoms with Gasteiger partial charge in [0.25, 0.3) is 0 Å². The predicted molar refractivity (Wildman–Crippen MR) is 125 cm³/mol. The highest BCUT2D eigenvalue weighted by Crippen LogP contribution is 2.42. The van der Waals surface area contributed by atoms with Crippen LogP contribution in [0.25, 0.3) is 11.5 Å². The van der Waals surface area contributed by atoms with E-state index in [9.17, 15) is 17.6 Å². The van der Waals surface area contributed by atoms with Crippen molar-refractivity contribution in [1.82, 2.24) is 19.7 Å². The molecule has 0 bridgehead atoms. The van der Waals surface area contributed by atoms with Crippen LogP contribution in [-0.4, -0.2) is 52.0 Å². The molecular weight excluding hydrogens is 464 g/mol. The van der Waals surface area contributed by atoms with Crippen LogP contribution in [0, 0.1) is 5.92 Å². The number of fused-ring (bicyclic) bond motifs is 1. The molecule has 2 aliphatic rings. The summed E-state index contributed by atoms with van der Waals surface area (Å²) >= 11 is 0.